The molecule has 0 saturated carbocycles. The van der Waals surface area contributed by atoms with E-state index in [0.29, 0.717) is 0 Å². The third-order valence-electron chi connectivity index (χ3n) is 7.55. The summed E-state index contributed by atoms with van der Waals surface area (Å²) in [6.45, 7) is -5.09. The molecule has 0 spiro atoms. The van der Waals surface area contributed by atoms with Crippen molar-refractivity contribution in [2.45, 2.75) is 38.9 Å². The van der Waals surface area contributed by atoms with Crippen LogP contribution in [0.2, 0.25) is 0 Å². The summed E-state index contributed by atoms with van der Waals surface area (Å²) in [6, 6.07) is -2.33. The molecule has 0 rings (SSSR count). The summed E-state index contributed by atoms with van der Waals surface area (Å²) in [7, 11) is 0. The normalized spacial score (nSPS) is 11.6. The minimum absolute atomic E-state index is 0. The first-order valence-electron chi connectivity index (χ1n) is 17.6. The summed E-state index contributed by atoms with van der Waals surface area (Å²) in [5, 5.41) is 126. The Morgan fingerprint density at radius 2 is 0.358 bits per heavy atom. The van der Waals surface area contributed by atoms with Crippen molar-refractivity contribution in [3.8, 4) is 0 Å². The van der Waals surface area contributed by atoms with Crippen LogP contribution in [0.3, 0.4) is 0 Å². The standard InChI is InChI=1S/3C11H18N2O8.4Sm/c3*1-7(13(5-10(18)19)6-11(20)21)2-12(3-8(14)15)4-9(16)17;;;;/h3*7H,2-6H2,1H3,(H,14,15)(H,16,17)(H,18,19)(H,20,21);;;;/q;;;4*+3/p-12. The van der Waals surface area contributed by atoms with Crippen molar-refractivity contribution in [1.82, 2.24) is 29.4 Å². The van der Waals surface area contributed by atoms with Gasteiger partial charge in [-0.2, -0.15) is 0 Å². The summed E-state index contributed by atoms with van der Waals surface area (Å²) >= 11 is 0. The molecule has 3 atom stereocenters. The van der Waals surface area contributed by atoms with Gasteiger partial charge >= 0.3 is 162 Å². The summed E-state index contributed by atoms with van der Waals surface area (Å²) in [6.07, 6.45) is 0. The summed E-state index contributed by atoms with van der Waals surface area (Å²) in [5.74, 6) is -18.4. The number of carbonyl (C=O) groups excluding carboxylic acids is 12. The van der Waals surface area contributed by atoms with Crippen LogP contribution < -0.4 is 61.3 Å². The first-order chi connectivity index (χ1) is 28.8. The predicted octanol–water partition coefficient (Wildman–Crippen LogP) is -21.1. The molecular formula is C33H42N6O24Sm4. The first-order valence-corrected chi connectivity index (χ1v) is 17.6. The SMILES string of the molecule is CC(CN(CC(=O)[O-])CC(=O)[O-])N(CC(=O)[O-])CC(=O)[O-].CC(CN(CC(=O)[O-])CC(=O)[O-])N(CC(=O)[O-])CC(=O)[O-].CC(CN(CC(=O)[O-])CC(=O)[O-])N(CC(=O)[O-])CC(=O)[O-].[Sm+3].[Sm+3].[Sm+3].[Sm+3]. The molecule has 0 bridgehead atoms. The van der Waals surface area contributed by atoms with Gasteiger partial charge in [-0.25, -0.2) is 0 Å². The van der Waals surface area contributed by atoms with Gasteiger partial charge < -0.3 is 119 Å². The number of hydrogen-bond acceptors (Lipinski definition) is 30. The molecule has 0 aromatic carbocycles. The first kappa shape index (κ1) is 79.9. The van der Waals surface area contributed by atoms with E-state index in [2.05, 4.69) is 0 Å². The van der Waals surface area contributed by atoms with Gasteiger partial charge in [0, 0.05) is 116 Å². The van der Waals surface area contributed by atoms with E-state index in [-0.39, 0.29) is 181 Å². The van der Waals surface area contributed by atoms with E-state index in [1.807, 2.05) is 0 Å². The second kappa shape index (κ2) is 44.7. The van der Waals surface area contributed by atoms with Crippen LogP contribution >= 0.6 is 0 Å². The number of rotatable bonds is 33. The zero-order valence-electron chi connectivity index (χ0n) is 35.5. The molecule has 4 radical (unpaired) electrons. The van der Waals surface area contributed by atoms with E-state index < -0.39 is 168 Å². The number of nitrogens with zero attached hydrogens (tertiary/aromatic N) is 6. The Labute approximate surface area is 511 Å². The Hall–Kier alpha value is -1.25. The van der Waals surface area contributed by atoms with Crippen LogP contribution in [0.15, 0.2) is 0 Å². The van der Waals surface area contributed by atoms with E-state index in [4.69, 9.17) is 0 Å². The minimum atomic E-state index is -1.53. The third-order valence-corrected chi connectivity index (χ3v) is 7.55. The van der Waals surface area contributed by atoms with Crippen molar-refractivity contribution < 1.29 is 280 Å². The molecule has 0 saturated heterocycles. The van der Waals surface area contributed by atoms with Gasteiger partial charge in [0.2, 0.25) is 0 Å². The molecule has 0 N–H and O–H groups in total. The van der Waals surface area contributed by atoms with Crippen LogP contribution in [-0.4, -0.2) is 217 Å². The fourth-order valence-corrected chi connectivity index (χ4v) is 5.22. The van der Waals surface area contributed by atoms with E-state index in [9.17, 15) is 119 Å². The van der Waals surface area contributed by atoms with Crippen molar-refractivity contribution in [3.63, 3.8) is 0 Å². The molecule has 3 unspecified atom stereocenters. The molecule has 67 heavy (non-hydrogen) atoms. The summed E-state index contributed by atoms with van der Waals surface area (Å²) in [5.41, 5.74) is 0. The van der Waals surface area contributed by atoms with Crippen molar-refractivity contribution in [3.05, 3.63) is 0 Å². The molecule has 0 aliphatic heterocycles. The monoisotopic (exact) mass is 1510 g/mol. The van der Waals surface area contributed by atoms with Gasteiger partial charge in [-0.15, -0.1) is 0 Å². The van der Waals surface area contributed by atoms with Gasteiger partial charge in [0.15, 0.2) is 0 Å². The Morgan fingerprint density at radius 3 is 0.448 bits per heavy atom. The molecular weight excluding hydrogens is 1470 g/mol. The van der Waals surface area contributed by atoms with Crippen molar-refractivity contribution in [2.24, 2.45) is 0 Å². The second-order valence-electron chi connectivity index (χ2n) is 13.2. The number of carboxylic acids is 12. The molecule has 30 nitrogen and oxygen atoms in total. The summed E-state index contributed by atoms with van der Waals surface area (Å²) in [4.78, 5) is 132. The Balaban J connectivity index is -0.000000157. The molecule has 0 amide bonds. The average molecular weight is 1510 g/mol. The fraction of sp³-hybridized carbons (Fsp3) is 0.636. The number of aliphatic carboxylic acids is 12. The van der Waals surface area contributed by atoms with Gasteiger partial charge in [0.1, 0.15) is 0 Å². The van der Waals surface area contributed by atoms with Crippen molar-refractivity contribution >= 4 is 71.6 Å². The van der Waals surface area contributed by atoms with E-state index in [1.165, 1.54) is 20.8 Å². The fourth-order valence-electron chi connectivity index (χ4n) is 5.22. The molecule has 0 fully saturated rings. The zero-order chi connectivity index (χ0) is 49.7. The Kier molecular flexibility index (Phi) is 53.3. The molecule has 0 aromatic rings. The molecule has 0 aromatic heterocycles. The van der Waals surface area contributed by atoms with Gasteiger partial charge in [-0.3, -0.25) is 29.4 Å². The average Bonchev–Trinajstić information content (AvgIpc) is 3.04. The second-order valence-corrected chi connectivity index (χ2v) is 13.2. The number of hydrogen-bond donors (Lipinski definition) is 0. The maximum absolute atomic E-state index is 10.5. The number of carbonyl (C=O) groups is 12. The van der Waals surface area contributed by atoms with Crippen LogP contribution in [-0.2, 0) is 57.5 Å². The van der Waals surface area contributed by atoms with Crippen LogP contribution in [0, 0.1) is 162 Å². The zero-order valence-corrected chi connectivity index (χ0v) is 45.9. The smallest absolute Gasteiger partial charge is 0.549 e. The van der Waals surface area contributed by atoms with E-state index in [0.717, 1.165) is 29.4 Å². The quantitative estimate of drug-likeness (QED) is 0.0589. The van der Waals surface area contributed by atoms with Crippen LogP contribution in [0.5, 0.6) is 0 Å². The third kappa shape index (κ3) is 50.9. The van der Waals surface area contributed by atoms with Crippen LogP contribution in [0.1, 0.15) is 20.8 Å². The maximum atomic E-state index is 10.5. The van der Waals surface area contributed by atoms with Crippen molar-refractivity contribution in [1.29, 1.82) is 0 Å². The Bertz CT molecular complexity index is 1340. The van der Waals surface area contributed by atoms with E-state index in [1.54, 1.807) is 0 Å². The van der Waals surface area contributed by atoms with Crippen LogP contribution in [0.25, 0.3) is 0 Å². The number of carboxylic acid groups (broad SMARTS) is 12. The van der Waals surface area contributed by atoms with Crippen LogP contribution in [0.4, 0.5) is 0 Å². The van der Waals surface area contributed by atoms with Gasteiger partial charge in [0.05, 0.1) is 71.6 Å². The molecule has 0 heterocycles. The largest absolute Gasteiger partial charge is 3.00 e. The molecule has 34 heteroatoms. The van der Waals surface area contributed by atoms with Gasteiger partial charge in [-0.1, -0.05) is 0 Å². The Morgan fingerprint density at radius 1 is 0.254 bits per heavy atom. The summed E-state index contributed by atoms with van der Waals surface area (Å²) < 4.78 is 0. The predicted molar refractivity (Wildman–Crippen MR) is 173 cm³/mol. The van der Waals surface area contributed by atoms with Crippen molar-refractivity contribution in [2.75, 3.05) is 98.2 Å². The molecule has 372 valence electrons. The van der Waals surface area contributed by atoms with Gasteiger partial charge in [0.25, 0.3) is 0 Å². The molecule has 0 aliphatic carbocycles. The molecule has 0 aliphatic rings. The van der Waals surface area contributed by atoms with Gasteiger partial charge in [-0.05, 0) is 20.8 Å². The maximum Gasteiger partial charge on any atom is 3.00 e. The minimum Gasteiger partial charge on any atom is -0.549 e. The van der Waals surface area contributed by atoms with E-state index >= 15 is 0 Å². The topological polar surface area (TPSA) is 501 Å².